The number of aromatic nitrogens is 3. The van der Waals surface area contributed by atoms with Crippen LogP contribution in [-0.2, 0) is 16.0 Å². The van der Waals surface area contributed by atoms with Crippen molar-refractivity contribution in [1.29, 1.82) is 0 Å². The molecule has 7 heteroatoms. The van der Waals surface area contributed by atoms with Gasteiger partial charge in [-0.15, -0.1) is 0 Å². The van der Waals surface area contributed by atoms with Gasteiger partial charge in [-0.2, -0.15) is 5.10 Å². The molecule has 1 fully saturated rings. The first-order valence-corrected chi connectivity index (χ1v) is 6.59. The highest BCUT2D eigenvalue weighted by atomic mass is 16.5. The third kappa shape index (κ3) is 2.88. The lowest BCUT2D eigenvalue weighted by Gasteiger charge is -2.04. The monoisotopic (exact) mass is 276 g/mol. The molecule has 1 aliphatic rings. The van der Waals surface area contributed by atoms with Crippen LogP contribution in [0.5, 0.6) is 0 Å². The maximum absolute atomic E-state index is 11.8. The van der Waals surface area contributed by atoms with E-state index < -0.39 is 0 Å². The molecule has 1 amide bonds. The SMILES string of the molecule is Cc1cc(CC(=O)Nc2cc([C@H]3CCCO3)[nH]n2)on1. The van der Waals surface area contributed by atoms with Crippen molar-refractivity contribution in [1.82, 2.24) is 15.4 Å². The van der Waals surface area contributed by atoms with Crippen LogP contribution in [0.1, 0.15) is 36.1 Å². The lowest BCUT2D eigenvalue weighted by atomic mass is 10.2. The number of aryl methyl sites for hydroxylation is 1. The maximum Gasteiger partial charge on any atom is 0.233 e. The quantitative estimate of drug-likeness (QED) is 0.887. The Kier molecular flexibility index (Phi) is 3.51. The minimum absolute atomic E-state index is 0.0603. The number of hydrogen-bond acceptors (Lipinski definition) is 5. The van der Waals surface area contributed by atoms with Gasteiger partial charge < -0.3 is 14.6 Å². The number of carbonyl (C=O) groups excluding carboxylic acids is 1. The smallest absolute Gasteiger partial charge is 0.233 e. The Morgan fingerprint density at radius 2 is 2.45 bits per heavy atom. The maximum atomic E-state index is 11.8. The van der Waals surface area contributed by atoms with Crippen molar-refractivity contribution in [2.24, 2.45) is 0 Å². The molecule has 0 radical (unpaired) electrons. The van der Waals surface area contributed by atoms with Crippen LogP contribution < -0.4 is 5.32 Å². The number of hydrogen-bond donors (Lipinski definition) is 2. The molecule has 3 rings (SSSR count). The Morgan fingerprint density at radius 3 is 3.15 bits per heavy atom. The highest BCUT2D eigenvalue weighted by molar-refractivity contribution is 5.91. The number of aromatic amines is 1. The summed E-state index contributed by atoms with van der Waals surface area (Å²) in [6.45, 7) is 2.59. The summed E-state index contributed by atoms with van der Waals surface area (Å²) in [4.78, 5) is 11.8. The number of nitrogens with zero attached hydrogens (tertiary/aromatic N) is 2. The van der Waals surface area contributed by atoms with Crippen molar-refractivity contribution in [3.05, 3.63) is 29.3 Å². The third-order valence-electron chi connectivity index (χ3n) is 3.15. The van der Waals surface area contributed by atoms with Crippen molar-refractivity contribution in [3.63, 3.8) is 0 Å². The lowest BCUT2D eigenvalue weighted by Crippen LogP contribution is -2.14. The minimum Gasteiger partial charge on any atom is -0.372 e. The second kappa shape index (κ2) is 5.46. The van der Waals surface area contributed by atoms with Gasteiger partial charge in [-0.3, -0.25) is 9.89 Å². The molecule has 2 N–H and O–H groups in total. The van der Waals surface area contributed by atoms with Crippen molar-refractivity contribution >= 4 is 11.7 Å². The first-order chi connectivity index (χ1) is 9.70. The zero-order valence-corrected chi connectivity index (χ0v) is 11.2. The van der Waals surface area contributed by atoms with Crippen LogP contribution in [0.4, 0.5) is 5.82 Å². The van der Waals surface area contributed by atoms with E-state index in [9.17, 15) is 4.79 Å². The molecule has 1 saturated heterocycles. The molecule has 1 atom stereocenters. The van der Waals surface area contributed by atoms with E-state index in [-0.39, 0.29) is 18.4 Å². The van der Waals surface area contributed by atoms with E-state index in [1.807, 2.05) is 6.92 Å². The van der Waals surface area contributed by atoms with Crippen LogP contribution >= 0.6 is 0 Å². The predicted molar refractivity (Wildman–Crippen MR) is 70.1 cm³/mol. The Hall–Kier alpha value is -2.15. The average molecular weight is 276 g/mol. The summed E-state index contributed by atoms with van der Waals surface area (Å²) in [6, 6.07) is 3.54. The van der Waals surface area contributed by atoms with Gasteiger partial charge in [0, 0.05) is 18.7 Å². The summed E-state index contributed by atoms with van der Waals surface area (Å²) in [7, 11) is 0. The molecule has 3 heterocycles. The number of anilines is 1. The summed E-state index contributed by atoms with van der Waals surface area (Å²) in [5, 5.41) is 13.4. The lowest BCUT2D eigenvalue weighted by molar-refractivity contribution is -0.115. The highest BCUT2D eigenvalue weighted by Crippen LogP contribution is 2.28. The van der Waals surface area contributed by atoms with E-state index in [2.05, 4.69) is 20.7 Å². The topological polar surface area (TPSA) is 93.0 Å². The minimum atomic E-state index is -0.188. The van der Waals surface area contributed by atoms with Crippen LogP contribution in [-0.4, -0.2) is 27.9 Å². The predicted octanol–water partition coefficient (Wildman–Crippen LogP) is 1.74. The molecule has 0 aromatic carbocycles. The number of carbonyl (C=O) groups is 1. The van der Waals surface area contributed by atoms with Gasteiger partial charge in [0.05, 0.1) is 23.9 Å². The molecular formula is C13H16N4O3. The fraction of sp³-hybridized carbons (Fsp3) is 0.462. The summed E-state index contributed by atoms with van der Waals surface area (Å²) < 4.78 is 10.5. The molecule has 106 valence electrons. The Labute approximate surface area is 115 Å². The molecule has 2 aromatic rings. The molecule has 0 aliphatic carbocycles. The Morgan fingerprint density at radius 1 is 1.55 bits per heavy atom. The standard InChI is InChI=1S/C13H16N4O3/c1-8-5-9(20-17-8)6-13(18)14-12-7-10(15-16-12)11-3-2-4-19-11/h5,7,11H,2-4,6H2,1H3,(H2,14,15,16,18)/t11-/m1/s1. The Balaban J connectivity index is 1.58. The van der Waals surface area contributed by atoms with Crippen LogP contribution in [0.2, 0.25) is 0 Å². The molecule has 7 nitrogen and oxygen atoms in total. The molecule has 2 aromatic heterocycles. The van der Waals surface area contributed by atoms with Crippen molar-refractivity contribution in [3.8, 4) is 0 Å². The molecule has 1 aliphatic heterocycles. The molecule has 0 unspecified atom stereocenters. The van der Waals surface area contributed by atoms with Gasteiger partial charge in [0.25, 0.3) is 0 Å². The zero-order chi connectivity index (χ0) is 13.9. The normalized spacial score (nSPS) is 18.4. The third-order valence-corrected chi connectivity index (χ3v) is 3.15. The van der Waals surface area contributed by atoms with Gasteiger partial charge in [0.1, 0.15) is 5.76 Å². The zero-order valence-electron chi connectivity index (χ0n) is 11.2. The average Bonchev–Trinajstić information content (AvgIpc) is 3.10. The van der Waals surface area contributed by atoms with Gasteiger partial charge in [0.2, 0.25) is 5.91 Å². The molecular weight excluding hydrogens is 260 g/mol. The van der Waals surface area contributed by atoms with Crippen molar-refractivity contribution in [2.45, 2.75) is 32.3 Å². The van der Waals surface area contributed by atoms with Crippen LogP contribution in [0.15, 0.2) is 16.7 Å². The van der Waals surface area contributed by atoms with E-state index in [0.29, 0.717) is 11.6 Å². The number of rotatable bonds is 4. The number of amides is 1. The first kappa shape index (κ1) is 12.9. The van der Waals surface area contributed by atoms with Gasteiger partial charge in [0.15, 0.2) is 5.82 Å². The van der Waals surface area contributed by atoms with Crippen LogP contribution in [0.25, 0.3) is 0 Å². The van der Waals surface area contributed by atoms with E-state index in [1.54, 1.807) is 12.1 Å². The second-order valence-corrected chi connectivity index (χ2v) is 4.87. The summed E-state index contributed by atoms with van der Waals surface area (Å²) in [5.41, 5.74) is 1.65. The summed E-state index contributed by atoms with van der Waals surface area (Å²) >= 11 is 0. The first-order valence-electron chi connectivity index (χ1n) is 6.59. The van der Waals surface area contributed by atoms with Gasteiger partial charge in [-0.25, -0.2) is 0 Å². The van der Waals surface area contributed by atoms with Crippen LogP contribution in [0, 0.1) is 6.92 Å². The van der Waals surface area contributed by atoms with E-state index in [4.69, 9.17) is 9.26 Å². The van der Waals surface area contributed by atoms with Crippen molar-refractivity contribution < 1.29 is 14.1 Å². The number of nitrogens with one attached hydrogen (secondary N) is 2. The van der Waals surface area contributed by atoms with E-state index in [1.165, 1.54) is 0 Å². The second-order valence-electron chi connectivity index (χ2n) is 4.87. The largest absolute Gasteiger partial charge is 0.372 e. The fourth-order valence-electron chi connectivity index (χ4n) is 2.23. The Bertz CT molecular complexity index is 598. The van der Waals surface area contributed by atoms with E-state index >= 15 is 0 Å². The van der Waals surface area contributed by atoms with Crippen molar-refractivity contribution in [2.75, 3.05) is 11.9 Å². The molecule has 0 spiro atoms. The summed E-state index contributed by atoms with van der Waals surface area (Å²) in [6.07, 6.45) is 2.23. The van der Waals surface area contributed by atoms with Gasteiger partial charge in [-0.1, -0.05) is 5.16 Å². The molecule has 0 bridgehead atoms. The summed E-state index contributed by atoms with van der Waals surface area (Å²) in [5.74, 6) is 0.846. The van der Waals surface area contributed by atoms with Gasteiger partial charge >= 0.3 is 0 Å². The van der Waals surface area contributed by atoms with Crippen LogP contribution in [0.3, 0.4) is 0 Å². The number of ether oxygens (including phenoxy) is 1. The fourth-order valence-corrected chi connectivity index (χ4v) is 2.23. The highest BCUT2D eigenvalue weighted by Gasteiger charge is 2.20. The number of H-pyrrole nitrogens is 1. The molecule has 20 heavy (non-hydrogen) atoms. The molecule has 0 saturated carbocycles. The van der Waals surface area contributed by atoms with E-state index in [0.717, 1.165) is 30.8 Å². The van der Waals surface area contributed by atoms with Gasteiger partial charge in [-0.05, 0) is 19.8 Å².